The third-order valence-electron chi connectivity index (χ3n) is 2.43. The van der Waals surface area contributed by atoms with Gasteiger partial charge in [-0.05, 0) is 31.1 Å². The van der Waals surface area contributed by atoms with Crippen molar-refractivity contribution in [3.05, 3.63) is 21.9 Å². The fraction of sp³-hybridized carbons (Fsp3) is 0.700. The van der Waals surface area contributed by atoms with Gasteiger partial charge < -0.3 is 20.2 Å². The zero-order valence-electron chi connectivity index (χ0n) is 9.36. The van der Waals surface area contributed by atoms with Gasteiger partial charge in [-0.1, -0.05) is 5.41 Å². The molecule has 0 aromatic rings. The molecule has 0 saturated carbocycles. The smallest absolute Gasteiger partial charge is 0.357 e. The van der Waals surface area contributed by atoms with Gasteiger partial charge in [0.1, 0.15) is 0 Å². The van der Waals surface area contributed by atoms with E-state index in [9.17, 15) is 10.1 Å². The van der Waals surface area contributed by atoms with Crippen LogP contribution in [0.5, 0.6) is 0 Å². The van der Waals surface area contributed by atoms with Crippen LogP contribution < -0.4 is 5.32 Å². The van der Waals surface area contributed by atoms with E-state index < -0.39 is 10.8 Å². The molecule has 6 nitrogen and oxygen atoms in total. The molecule has 0 aromatic carbocycles. The summed E-state index contributed by atoms with van der Waals surface area (Å²) in [5.41, 5.74) is 0.621. The van der Waals surface area contributed by atoms with Crippen LogP contribution in [0.2, 0.25) is 0 Å². The van der Waals surface area contributed by atoms with Gasteiger partial charge >= 0.3 is 5.84 Å². The fourth-order valence-corrected chi connectivity index (χ4v) is 1.55. The molecule has 1 aliphatic heterocycles. The summed E-state index contributed by atoms with van der Waals surface area (Å²) in [5.74, 6) is -0.602. The summed E-state index contributed by atoms with van der Waals surface area (Å²) in [7, 11) is 0. The summed E-state index contributed by atoms with van der Waals surface area (Å²) in [6.07, 6.45) is 4.69. The topological polar surface area (TPSA) is 88.2 Å². The first-order valence-electron chi connectivity index (χ1n) is 5.36. The van der Waals surface area contributed by atoms with Crippen molar-refractivity contribution in [1.82, 2.24) is 5.32 Å². The Morgan fingerprint density at radius 1 is 1.69 bits per heavy atom. The number of amidine groups is 1. The minimum absolute atomic E-state index is 0.182. The van der Waals surface area contributed by atoms with Crippen molar-refractivity contribution in [2.24, 2.45) is 0 Å². The summed E-state index contributed by atoms with van der Waals surface area (Å²) in [5, 5.41) is 20.3. The first-order chi connectivity index (χ1) is 7.59. The summed E-state index contributed by atoms with van der Waals surface area (Å²) in [4.78, 5) is 9.50. The second-order valence-electron chi connectivity index (χ2n) is 3.84. The van der Waals surface area contributed by atoms with Crippen LogP contribution in [0.4, 0.5) is 0 Å². The number of allylic oxidation sites excluding steroid dienone is 1. The largest absolute Gasteiger partial charge is 0.386 e. The molecule has 0 bridgehead atoms. The van der Waals surface area contributed by atoms with Crippen molar-refractivity contribution in [3.63, 3.8) is 0 Å². The van der Waals surface area contributed by atoms with Crippen LogP contribution >= 0.6 is 0 Å². The molecule has 0 radical (unpaired) electrons. The molecule has 16 heavy (non-hydrogen) atoms. The third kappa shape index (κ3) is 4.39. The lowest BCUT2D eigenvalue weighted by atomic mass is 10.1. The number of nitrogens with one attached hydrogen (secondary N) is 2. The number of hydrogen-bond donors (Lipinski definition) is 2. The van der Waals surface area contributed by atoms with E-state index in [-0.39, 0.29) is 6.10 Å². The van der Waals surface area contributed by atoms with E-state index in [0.29, 0.717) is 12.2 Å². The van der Waals surface area contributed by atoms with Gasteiger partial charge in [0, 0.05) is 18.8 Å². The van der Waals surface area contributed by atoms with Gasteiger partial charge in [-0.2, -0.15) is 0 Å². The minimum atomic E-state index is -0.720. The zero-order valence-corrected chi connectivity index (χ0v) is 9.36. The van der Waals surface area contributed by atoms with Crippen molar-refractivity contribution in [2.45, 2.75) is 32.3 Å². The number of nitrogens with zero attached hydrogens (tertiary/aromatic N) is 1. The molecule has 2 N–H and O–H groups in total. The van der Waals surface area contributed by atoms with Gasteiger partial charge in [0.2, 0.25) is 0 Å². The van der Waals surface area contributed by atoms with Gasteiger partial charge in [-0.25, -0.2) is 0 Å². The van der Waals surface area contributed by atoms with Gasteiger partial charge in [-0.15, -0.1) is 0 Å². The Labute approximate surface area is 94.3 Å². The molecule has 1 fully saturated rings. The molecule has 0 aromatic heterocycles. The van der Waals surface area contributed by atoms with E-state index >= 15 is 0 Å². The van der Waals surface area contributed by atoms with E-state index in [4.69, 9.17) is 10.1 Å². The van der Waals surface area contributed by atoms with Crippen LogP contribution in [0.3, 0.4) is 0 Å². The Balaban J connectivity index is 2.30. The van der Waals surface area contributed by atoms with Gasteiger partial charge in [0.05, 0.1) is 12.2 Å². The highest BCUT2D eigenvalue weighted by atomic mass is 16.6. The maximum absolute atomic E-state index is 10.2. The highest BCUT2D eigenvalue weighted by Crippen LogP contribution is 2.11. The second-order valence-corrected chi connectivity index (χ2v) is 3.84. The number of ether oxygens (including phenoxy) is 1. The standard InChI is InChI=1S/C10H17N3O3/c1-8(6-10(11)13(14)15)12-7-9-4-2-3-5-16-9/h6,9,11-12H,2-5,7H2,1H3/b8-6-,11-10?. The summed E-state index contributed by atoms with van der Waals surface area (Å²) >= 11 is 0. The zero-order chi connectivity index (χ0) is 12.0. The predicted molar refractivity (Wildman–Crippen MR) is 60.1 cm³/mol. The summed E-state index contributed by atoms with van der Waals surface area (Å²) < 4.78 is 5.50. The predicted octanol–water partition coefficient (Wildman–Crippen LogP) is 1.30. The Morgan fingerprint density at radius 3 is 3.00 bits per heavy atom. The lowest BCUT2D eigenvalue weighted by Gasteiger charge is -2.23. The van der Waals surface area contributed by atoms with E-state index in [1.165, 1.54) is 12.5 Å². The van der Waals surface area contributed by atoms with Crippen LogP contribution in [0, 0.1) is 15.5 Å². The molecule has 6 heteroatoms. The Morgan fingerprint density at radius 2 is 2.44 bits per heavy atom. The number of nitro groups is 1. The Hall–Kier alpha value is -1.43. The van der Waals surface area contributed by atoms with Gasteiger partial charge in [-0.3, -0.25) is 0 Å². The molecule has 0 amide bonds. The highest BCUT2D eigenvalue weighted by Gasteiger charge is 2.13. The molecule has 90 valence electrons. The average molecular weight is 227 g/mol. The first-order valence-corrected chi connectivity index (χ1v) is 5.36. The fourth-order valence-electron chi connectivity index (χ4n) is 1.55. The molecule has 0 spiro atoms. The molecule has 0 aliphatic carbocycles. The SMILES string of the molecule is C/C(=C/C(=N)[N+](=O)[O-])NCC1CCCCO1. The number of rotatable bonds is 4. The first kappa shape index (κ1) is 12.6. The van der Waals surface area contributed by atoms with Crippen molar-refractivity contribution >= 4 is 5.84 Å². The highest BCUT2D eigenvalue weighted by molar-refractivity contribution is 5.83. The number of hydrogen-bond acceptors (Lipinski definition) is 5. The van der Waals surface area contributed by atoms with Gasteiger partial charge in [0.25, 0.3) is 0 Å². The molecule has 1 saturated heterocycles. The molecule has 1 heterocycles. The van der Waals surface area contributed by atoms with Crippen LogP contribution in [0.25, 0.3) is 0 Å². The molecule has 1 atom stereocenters. The van der Waals surface area contributed by atoms with Crippen LogP contribution in [0.15, 0.2) is 11.8 Å². The van der Waals surface area contributed by atoms with Crippen LogP contribution in [0.1, 0.15) is 26.2 Å². The Kier molecular flexibility index (Phi) is 4.91. The minimum Gasteiger partial charge on any atom is -0.386 e. The molecular formula is C10H17N3O3. The average Bonchev–Trinajstić information content (AvgIpc) is 2.27. The second kappa shape index (κ2) is 6.22. The Bertz CT molecular complexity index is 296. The van der Waals surface area contributed by atoms with Crippen molar-refractivity contribution < 1.29 is 9.66 Å². The monoisotopic (exact) mass is 227 g/mol. The van der Waals surface area contributed by atoms with E-state index in [0.717, 1.165) is 19.4 Å². The summed E-state index contributed by atoms with van der Waals surface area (Å²) in [6.45, 7) is 3.15. The van der Waals surface area contributed by atoms with Crippen molar-refractivity contribution in [1.29, 1.82) is 5.41 Å². The van der Waals surface area contributed by atoms with E-state index in [1.807, 2.05) is 0 Å². The molecule has 1 aliphatic rings. The van der Waals surface area contributed by atoms with Crippen molar-refractivity contribution in [2.75, 3.05) is 13.2 Å². The lowest BCUT2D eigenvalue weighted by Crippen LogP contribution is -2.31. The molecule has 1 unspecified atom stereocenters. The molecule has 1 rings (SSSR count). The van der Waals surface area contributed by atoms with Crippen LogP contribution in [-0.2, 0) is 4.74 Å². The maximum Gasteiger partial charge on any atom is 0.357 e. The van der Waals surface area contributed by atoms with E-state index in [1.54, 1.807) is 6.92 Å². The quantitative estimate of drug-likeness (QED) is 0.328. The van der Waals surface area contributed by atoms with E-state index in [2.05, 4.69) is 5.32 Å². The van der Waals surface area contributed by atoms with Crippen LogP contribution in [-0.4, -0.2) is 30.0 Å². The maximum atomic E-state index is 10.2. The van der Waals surface area contributed by atoms with Gasteiger partial charge in [0.15, 0.2) is 0 Å². The summed E-state index contributed by atoms with van der Waals surface area (Å²) in [6, 6.07) is 0. The normalized spacial score (nSPS) is 21.6. The third-order valence-corrected chi connectivity index (χ3v) is 2.43. The lowest BCUT2D eigenvalue weighted by molar-refractivity contribution is -0.349. The van der Waals surface area contributed by atoms with Crippen molar-refractivity contribution in [3.8, 4) is 0 Å². The molecular weight excluding hydrogens is 210 g/mol.